The first kappa shape index (κ1) is 19.0. The van der Waals surface area contributed by atoms with Crippen LogP contribution >= 0.6 is 0 Å². The highest BCUT2D eigenvalue weighted by Gasteiger charge is 2.21. The first-order valence-electron chi connectivity index (χ1n) is 9.87. The van der Waals surface area contributed by atoms with Gasteiger partial charge in [-0.25, -0.2) is 0 Å². The summed E-state index contributed by atoms with van der Waals surface area (Å²) >= 11 is 0. The highest BCUT2D eigenvalue weighted by Crippen LogP contribution is 2.27. The van der Waals surface area contributed by atoms with Gasteiger partial charge in [0.05, 0.1) is 6.04 Å². The number of carbonyl (C=O) groups is 2. The Kier molecular flexibility index (Phi) is 5.21. The monoisotopic (exact) mass is 388 g/mol. The number of carbonyl (C=O) groups excluding carboxylic acids is 2. The number of rotatable bonds is 5. The van der Waals surface area contributed by atoms with Gasteiger partial charge < -0.3 is 14.2 Å². The third-order valence-electron chi connectivity index (χ3n) is 5.48. The molecule has 0 bridgehead atoms. The normalized spacial score (nSPS) is 15.4. The number of hydrogen-bond donors (Lipinski definition) is 0. The Morgan fingerprint density at radius 1 is 1.17 bits per heavy atom. The molecule has 0 aliphatic carbocycles. The second kappa shape index (κ2) is 7.95. The summed E-state index contributed by atoms with van der Waals surface area (Å²) in [6.45, 7) is 2.72. The van der Waals surface area contributed by atoms with Crippen molar-refractivity contribution in [3.8, 4) is 0 Å². The van der Waals surface area contributed by atoms with Crippen LogP contribution in [-0.4, -0.2) is 30.3 Å². The van der Waals surface area contributed by atoms with Gasteiger partial charge in [-0.3, -0.25) is 9.59 Å². The number of furan rings is 1. The fourth-order valence-corrected chi connectivity index (χ4v) is 3.56. The maximum atomic E-state index is 12.6. The molecule has 0 spiro atoms. The zero-order valence-electron chi connectivity index (χ0n) is 16.7. The molecule has 1 unspecified atom stereocenters. The van der Waals surface area contributed by atoms with Crippen LogP contribution in [0.15, 0.2) is 65.1 Å². The lowest BCUT2D eigenvalue weighted by molar-refractivity contribution is -0.126. The van der Waals surface area contributed by atoms with E-state index in [-0.39, 0.29) is 17.9 Å². The molecule has 5 nitrogen and oxygen atoms in total. The first-order chi connectivity index (χ1) is 14.0. The van der Waals surface area contributed by atoms with Crippen molar-refractivity contribution in [1.82, 2.24) is 4.90 Å². The summed E-state index contributed by atoms with van der Waals surface area (Å²) < 4.78 is 5.88. The van der Waals surface area contributed by atoms with Crippen LogP contribution in [0.5, 0.6) is 0 Å². The summed E-state index contributed by atoms with van der Waals surface area (Å²) in [7, 11) is 1.77. The van der Waals surface area contributed by atoms with E-state index in [1.165, 1.54) is 0 Å². The third-order valence-corrected chi connectivity index (χ3v) is 5.48. The number of nitrogens with zero attached hydrogens (tertiary/aromatic N) is 2. The van der Waals surface area contributed by atoms with E-state index in [1.54, 1.807) is 29.0 Å². The summed E-state index contributed by atoms with van der Waals surface area (Å²) in [6.07, 6.45) is 4.88. The SMILES string of the molecule is CC(c1cc2ccccc2o1)N(C)C(=O)C=Cc1ccc(N2CCCC2=O)cc1. The average Bonchev–Trinajstić information content (AvgIpc) is 3.37. The molecule has 1 atom stereocenters. The van der Waals surface area contributed by atoms with Gasteiger partial charge in [0.2, 0.25) is 11.8 Å². The van der Waals surface area contributed by atoms with E-state index in [2.05, 4.69) is 0 Å². The van der Waals surface area contributed by atoms with Gasteiger partial charge in [0.1, 0.15) is 11.3 Å². The van der Waals surface area contributed by atoms with E-state index in [0.29, 0.717) is 6.42 Å². The second-order valence-corrected chi connectivity index (χ2v) is 7.39. The van der Waals surface area contributed by atoms with E-state index >= 15 is 0 Å². The van der Waals surface area contributed by atoms with E-state index in [1.807, 2.05) is 61.5 Å². The first-order valence-corrected chi connectivity index (χ1v) is 9.87. The minimum atomic E-state index is -0.178. The van der Waals surface area contributed by atoms with Crippen molar-refractivity contribution in [3.05, 3.63) is 72.0 Å². The largest absolute Gasteiger partial charge is 0.459 e. The van der Waals surface area contributed by atoms with Gasteiger partial charge in [-0.2, -0.15) is 0 Å². The Balaban J connectivity index is 1.42. The van der Waals surface area contributed by atoms with Gasteiger partial charge in [-0.15, -0.1) is 0 Å². The van der Waals surface area contributed by atoms with Crippen molar-refractivity contribution in [2.24, 2.45) is 0 Å². The highest BCUT2D eigenvalue weighted by molar-refractivity contribution is 5.95. The molecule has 2 heterocycles. The minimum absolute atomic E-state index is 0.100. The molecule has 1 saturated heterocycles. The Morgan fingerprint density at radius 3 is 2.62 bits per heavy atom. The number of amides is 2. The molecule has 2 amide bonds. The highest BCUT2D eigenvalue weighted by atomic mass is 16.3. The quantitative estimate of drug-likeness (QED) is 0.591. The van der Waals surface area contributed by atoms with Crippen LogP contribution in [0, 0.1) is 0 Å². The molecule has 0 radical (unpaired) electrons. The van der Waals surface area contributed by atoms with Crippen LogP contribution in [0.2, 0.25) is 0 Å². The van der Waals surface area contributed by atoms with Crippen LogP contribution < -0.4 is 4.90 Å². The predicted octanol–water partition coefficient (Wildman–Crippen LogP) is 4.79. The molecule has 0 N–H and O–H groups in total. The summed E-state index contributed by atoms with van der Waals surface area (Å²) in [6, 6.07) is 17.3. The summed E-state index contributed by atoms with van der Waals surface area (Å²) in [5.74, 6) is 0.830. The molecule has 29 heavy (non-hydrogen) atoms. The standard InChI is InChI=1S/C24H24N2O3/c1-17(22-16-19-6-3-4-7-21(19)29-22)25(2)23(27)14-11-18-9-12-20(13-10-18)26-15-5-8-24(26)28/h3-4,6-7,9-14,16-17H,5,8,15H2,1-2H3. The summed E-state index contributed by atoms with van der Waals surface area (Å²) in [5, 5.41) is 1.03. The van der Waals surface area contributed by atoms with Gasteiger partial charge in [-0.1, -0.05) is 30.3 Å². The van der Waals surface area contributed by atoms with Crippen LogP contribution in [0.3, 0.4) is 0 Å². The van der Waals surface area contributed by atoms with Gasteiger partial charge in [0.25, 0.3) is 0 Å². The molecule has 1 aliphatic rings. The minimum Gasteiger partial charge on any atom is -0.459 e. The average molecular weight is 388 g/mol. The second-order valence-electron chi connectivity index (χ2n) is 7.39. The third kappa shape index (κ3) is 3.94. The fraction of sp³-hybridized carbons (Fsp3) is 0.250. The Hall–Kier alpha value is -3.34. The number of fused-ring (bicyclic) bond motifs is 1. The molecule has 0 saturated carbocycles. The van der Waals surface area contributed by atoms with Gasteiger partial charge in [0.15, 0.2) is 0 Å². The topological polar surface area (TPSA) is 53.8 Å². The lowest BCUT2D eigenvalue weighted by atomic mass is 10.1. The number of para-hydroxylation sites is 1. The van der Waals surface area contributed by atoms with Crippen molar-refractivity contribution in [1.29, 1.82) is 0 Å². The van der Waals surface area contributed by atoms with Crippen molar-refractivity contribution < 1.29 is 14.0 Å². The van der Waals surface area contributed by atoms with E-state index < -0.39 is 0 Å². The fourth-order valence-electron chi connectivity index (χ4n) is 3.56. The lowest BCUT2D eigenvalue weighted by Crippen LogP contribution is -2.27. The number of hydrogen-bond acceptors (Lipinski definition) is 3. The summed E-state index contributed by atoms with van der Waals surface area (Å²) in [5.41, 5.74) is 2.65. The zero-order chi connectivity index (χ0) is 20.4. The van der Waals surface area contributed by atoms with Gasteiger partial charge >= 0.3 is 0 Å². The Bertz CT molecular complexity index is 1030. The predicted molar refractivity (Wildman–Crippen MR) is 114 cm³/mol. The maximum Gasteiger partial charge on any atom is 0.246 e. The van der Waals surface area contributed by atoms with Crippen molar-refractivity contribution in [2.75, 3.05) is 18.5 Å². The van der Waals surface area contributed by atoms with Crippen LogP contribution in [-0.2, 0) is 9.59 Å². The Labute approximate surface area is 170 Å². The molecule has 4 rings (SSSR count). The van der Waals surface area contributed by atoms with Crippen molar-refractivity contribution in [3.63, 3.8) is 0 Å². The van der Waals surface area contributed by atoms with Crippen LogP contribution in [0.4, 0.5) is 5.69 Å². The van der Waals surface area contributed by atoms with Crippen LogP contribution in [0.1, 0.15) is 37.1 Å². The van der Waals surface area contributed by atoms with E-state index in [4.69, 9.17) is 4.42 Å². The zero-order valence-corrected chi connectivity index (χ0v) is 16.7. The molecule has 1 aliphatic heterocycles. The Morgan fingerprint density at radius 2 is 1.93 bits per heavy atom. The molecule has 3 aromatic rings. The molecule has 2 aromatic carbocycles. The number of benzene rings is 2. The van der Waals surface area contributed by atoms with E-state index in [0.717, 1.165) is 40.9 Å². The number of likely N-dealkylation sites (N-methyl/N-ethyl adjacent to an activating group) is 1. The van der Waals surface area contributed by atoms with Crippen LogP contribution in [0.25, 0.3) is 17.0 Å². The van der Waals surface area contributed by atoms with E-state index in [9.17, 15) is 9.59 Å². The van der Waals surface area contributed by atoms with Crippen molar-refractivity contribution in [2.45, 2.75) is 25.8 Å². The lowest BCUT2D eigenvalue weighted by Gasteiger charge is -2.21. The van der Waals surface area contributed by atoms with Gasteiger partial charge in [-0.05, 0) is 49.2 Å². The number of anilines is 1. The molecule has 5 heteroatoms. The molecule has 1 aromatic heterocycles. The molecule has 148 valence electrons. The molecule has 1 fully saturated rings. The van der Waals surface area contributed by atoms with Crippen molar-refractivity contribution >= 4 is 34.5 Å². The maximum absolute atomic E-state index is 12.6. The smallest absolute Gasteiger partial charge is 0.246 e. The molecular formula is C24H24N2O3. The molecular weight excluding hydrogens is 364 g/mol. The van der Waals surface area contributed by atoms with Gasteiger partial charge in [0, 0.05) is 37.2 Å². The summed E-state index contributed by atoms with van der Waals surface area (Å²) in [4.78, 5) is 27.9.